The summed E-state index contributed by atoms with van der Waals surface area (Å²) >= 11 is 0. The van der Waals surface area contributed by atoms with Crippen LogP contribution in [0.15, 0.2) is 24.3 Å². The molecular formula is C15H19O5-. The van der Waals surface area contributed by atoms with Gasteiger partial charge in [0, 0.05) is 12.4 Å². The van der Waals surface area contributed by atoms with E-state index in [9.17, 15) is 9.90 Å². The molecule has 1 aromatic rings. The largest absolute Gasteiger partial charge is 0.550 e. The lowest BCUT2D eigenvalue weighted by molar-refractivity contribution is -0.304. The van der Waals surface area contributed by atoms with Gasteiger partial charge in [0.25, 0.3) is 0 Å². The summed E-state index contributed by atoms with van der Waals surface area (Å²) in [4.78, 5) is 10.5. The van der Waals surface area contributed by atoms with Crippen LogP contribution in [0.5, 0.6) is 5.75 Å². The first-order chi connectivity index (χ1) is 9.35. The molecule has 2 atom stereocenters. The lowest BCUT2D eigenvalue weighted by Gasteiger charge is -2.22. The molecule has 110 valence electrons. The number of hydrogen-bond donors (Lipinski definition) is 0. The number of rotatable bonds is 5. The predicted molar refractivity (Wildman–Crippen MR) is 70.1 cm³/mol. The molecule has 0 N–H and O–H groups in total. The maximum Gasteiger partial charge on any atom is 0.163 e. The van der Waals surface area contributed by atoms with Crippen molar-refractivity contribution in [3.63, 3.8) is 0 Å². The number of ether oxygens (including phenoxy) is 3. The second-order valence-electron chi connectivity index (χ2n) is 5.38. The molecule has 0 radical (unpaired) electrons. The zero-order chi connectivity index (χ0) is 14.8. The SMILES string of the molecule is CC(Oc1ccc(CC(=O)[O-])cc1)C1COC(C)(C)O1. The fourth-order valence-electron chi connectivity index (χ4n) is 2.09. The van der Waals surface area contributed by atoms with Gasteiger partial charge in [-0.05, 0) is 38.5 Å². The Morgan fingerprint density at radius 3 is 2.60 bits per heavy atom. The molecule has 5 nitrogen and oxygen atoms in total. The topological polar surface area (TPSA) is 67.8 Å². The van der Waals surface area contributed by atoms with Crippen molar-refractivity contribution >= 4 is 5.97 Å². The van der Waals surface area contributed by atoms with Gasteiger partial charge in [0.15, 0.2) is 5.79 Å². The smallest absolute Gasteiger partial charge is 0.163 e. The van der Waals surface area contributed by atoms with Crippen LogP contribution in [0.3, 0.4) is 0 Å². The molecule has 5 heteroatoms. The molecule has 1 heterocycles. The van der Waals surface area contributed by atoms with E-state index >= 15 is 0 Å². The van der Waals surface area contributed by atoms with Gasteiger partial charge in [-0.1, -0.05) is 12.1 Å². The average Bonchev–Trinajstić information content (AvgIpc) is 2.72. The maximum atomic E-state index is 10.5. The third-order valence-corrected chi connectivity index (χ3v) is 3.15. The Hall–Kier alpha value is -1.59. The Morgan fingerprint density at radius 1 is 1.45 bits per heavy atom. The Kier molecular flexibility index (Phi) is 4.30. The van der Waals surface area contributed by atoms with Gasteiger partial charge in [-0.3, -0.25) is 0 Å². The summed E-state index contributed by atoms with van der Waals surface area (Å²) in [6.07, 6.45) is -0.361. The molecule has 1 aliphatic heterocycles. The second kappa shape index (κ2) is 5.81. The molecule has 0 bridgehead atoms. The summed E-state index contributed by atoms with van der Waals surface area (Å²) in [6.45, 7) is 6.16. The Balaban J connectivity index is 1.91. The zero-order valence-electron chi connectivity index (χ0n) is 11.9. The van der Waals surface area contributed by atoms with E-state index in [0.29, 0.717) is 17.9 Å². The van der Waals surface area contributed by atoms with E-state index in [4.69, 9.17) is 14.2 Å². The molecular weight excluding hydrogens is 260 g/mol. The first-order valence-corrected chi connectivity index (χ1v) is 6.63. The first kappa shape index (κ1) is 14.8. The molecule has 2 unspecified atom stereocenters. The highest BCUT2D eigenvalue weighted by Crippen LogP contribution is 2.26. The Labute approximate surface area is 118 Å². The number of hydrogen-bond acceptors (Lipinski definition) is 5. The van der Waals surface area contributed by atoms with Crippen LogP contribution in [0.4, 0.5) is 0 Å². The normalized spacial score (nSPS) is 22.4. The van der Waals surface area contributed by atoms with Crippen molar-refractivity contribution in [1.29, 1.82) is 0 Å². The number of carbonyl (C=O) groups excluding carboxylic acids is 1. The van der Waals surface area contributed by atoms with Crippen molar-refractivity contribution < 1.29 is 24.1 Å². The summed E-state index contributed by atoms with van der Waals surface area (Å²) in [5, 5.41) is 10.5. The van der Waals surface area contributed by atoms with Gasteiger partial charge in [-0.25, -0.2) is 0 Å². The van der Waals surface area contributed by atoms with E-state index in [0.717, 1.165) is 0 Å². The van der Waals surface area contributed by atoms with Crippen LogP contribution < -0.4 is 9.84 Å². The van der Waals surface area contributed by atoms with E-state index in [1.54, 1.807) is 24.3 Å². The van der Waals surface area contributed by atoms with Crippen molar-refractivity contribution in [2.45, 2.75) is 45.2 Å². The van der Waals surface area contributed by atoms with Gasteiger partial charge in [0.1, 0.15) is 18.0 Å². The predicted octanol–water partition coefficient (Wildman–Crippen LogP) is 0.898. The highest BCUT2D eigenvalue weighted by molar-refractivity contribution is 5.67. The molecule has 0 saturated carbocycles. The standard InChI is InChI=1S/C15H20O5/c1-10(13-9-18-15(2,3)20-13)19-12-6-4-11(5-7-12)8-14(16)17/h4-7,10,13H,8-9H2,1-3H3,(H,16,17)/p-1. The van der Waals surface area contributed by atoms with Gasteiger partial charge in [-0.2, -0.15) is 0 Å². The first-order valence-electron chi connectivity index (χ1n) is 6.63. The highest BCUT2D eigenvalue weighted by Gasteiger charge is 2.36. The van der Waals surface area contributed by atoms with E-state index in [1.807, 2.05) is 20.8 Å². The minimum atomic E-state index is -1.09. The van der Waals surface area contributed by atoms with Crippen LogP contribution in [-0.2, 0) is 20.7 Å². The van der Waals surface area contributed by atoms with Crippen LogP contribution >= 0.6 is 0 Å². The number of carboxylic acid groups (broad SMARTS) is 1. The maximum absolute atomic E-state index is 10.5. The van der Waals surface area contributed by atoms with Crippen molar-refractivity contribution in [3.05, 3.63) is 29.8 Å². The van der Waals surface area contributed by atoms with Gasteiger partial charge < -0.3 is 24.1 Å². The van der Waals surface area contributed by atoms with Crippen molar-refractivity contribution in [1.82, 2.24) is 0 Å². The van der Waals surface area contributed by atoms with Gasteiger partial charge in [0.2, 0.25) is 0 Å². The fourth-order valence-corrected chi connectivity index (χ4v) is 2.09. The summed E-state index contributed by atoms with van der Waals surface area (Å²) in [5.74, 6) is -0.987. The van der Waals surface area contributed by atoms with Gasteiger partial charge >= 0.3 is 0 Å². The summed E-state index contributed by atoms with van der Waals surface area (Å²) in [5.41, 5.74) is 0.687. The molecule has 1 aliphatic rings. The number of carbonyl (C=O) groups is 1. The van der Waals surface area contributed by atoms with Crippen LogP contribution in [0.25, 0.3) is 0 Å². The van der Waals surface area contributed by atoms with Gasteiger partial charge in [-0.15, -0.1) is 0 Å². The lowest BCUT2D eigenvalue weighted by Crippen LogP contribution is -2.32. The molecule has 0 amide bonds. The minimum Gasteiger partial charge on any atom is -0.550 e. The van der Waals surface area contributed by atoms with E-state index in [-0.39, 0.29) is 18.6 Å². The van der Waals surface area contributed by atoms with Crippen LogP contribution in [0, 0.1) is 0 Å². The van der Waals surface area contributed by atoms with Crippen LogP contribution in [0.1, 0.15) is 26.3 Å². The zero-order valence-corrected chi connectivity index (χ0v) is 11.9. The number of aliphatic carboxylic acids is 1. The molecule has 0 spiro atoms. The molecule has 1 fully saturated rings. The summed E-state index contributed by atoms with van der Waals surface area (Å²) < 4.78 is 17.0. The van der Waals surface area contributed by atoms with Crippen molar-refractivity contribution in [2.75, 3.05) is 6.61 Å². The Morgan fingerprint density at radius 2 is 2.10 bits per heavy atom. The molecule has 20 heavy (non-hydrogen) atoms. The quantitative estimate of drug-likeness (QED) is 0.801. The van der Waals surface area contributed by atoms with E-state index < -0.39 is 11.8 Å². The highest BCUT2D eigenvalue weighted by atomic mass is 16.7. The average molecular weight is 279 g/mol. The third-order valence-electron chi connectivity index (χ3n) is 3.15. The third kappa shape index (κ3) is 3.95. The van der Waals surface area contributed by atoms with Crippen LogP contribution in [-0.4, -0.2) is 30.6 Å². The van der Waals surface area contributed by atoms with Crippen LogP contribution in [0.2, 0.25) is 0 Å². The lowest BCUT2D eigenvalue weighted by atomic mass is 10.1. The number of benzene rings is 1. The second-order valence-corrected chi connectivity index (χ2v) is 5.38. The summed E-state index contributed by atoms with van der Waals surface area (Å²) in [7, 11) is 0. The molecule has 1 saturated heterocycles. The van der Waals surface area contributed by atoms with Crippen molar-refractivity contribution in [2.24, 2.45) is 0 Å². The molecule has 1 aromatic carbocycles. The van der Waals surface area contributed by atoms with Gasteiger partial charge in [0.05, 0.1) is 6.61 Å². The Bertz CT molecular complexity index is 466. The fraction of sp³-hybridized carbons (Fsp3) is 0.533. The van der Waals surface area contributed by atoms with E-state index in [2.05, 4.69) is 0 Å². The molecule has 0 aromatic heterocycles. The van der Waals surface area contributed by atoms with Crippen molar-refractivity contribution in [3.8, 4) is 5.75 Å². The van der Waals surface area contributed by atoms with E-state index in [1.165, 1.54) is 0 Å². The summed E-state index contributed by atoms with van der Waals surface area (Å²) in [6, 6.07) is 6.92. The molecule has 2 rings (SSSR count). The minimum absolute atomic E-state index is 0.0937. The number of carboxylic acids is 1. The monoisotopic (exact) mass is 279 g/mol. The molecule has 0 aliphatic carbocycles.